The minimum atomic E-state index is -0.874. The number of likely N-dealkylation sites (N-methyl/N-ethyl adjacent to an activating group) is 2. The molecule has 0 bridgehead atoms. The van der Waals surface area contributed by atoms with Crippen LogP contribution in [-0.2, 0) is 4.79 Å². The van der Waals surface area contributed by atoms with Crippen molar-refractivity contribution in [3.05, 3.63) is 24.0 Å². The van der Waals surface area contributed by atoms with E-state index in [1.165, 1.54) is 0 Å². The van der Waals surface area contributed by atoms with Gasteiger partial charge in [0.2, 0.25) is 0 Å². The largest absolute Gasteiger partial charge is 0.480 e. The molecule has 0 aromatic carbocycles. The Kier molecular flexibility index (Phi) is 3.67. The lowest BCUT2D eigenvalue weighted by Gasteiger charge is -2.21. The minimum absolute atomic E-state index is 0.257. The van der Waals surface area contributed by atoms with E-state index in [9.17, 15) is 4.79 Å². The maximum absolute atomic E-state index is 10.9. The summed E-state index contributed by atoms with van der Waals surface area (Å²) in [6, 6.07) is 2.80. The smallest absolute Gasteiger partial charge is 0.322 e. The van der Waals surface area contributed by atoms with Gasteiger partial charge in [0.05, 0.1) is 6.04 Å². The molecule has 5 nitrogen and oxygen atoms in total. The fourth-order valence-electron chi connectivity index (χ4n) is 1.47. The SMILES string of the molecule is CNC(C(=O)O)C(NC)c1ccc[nH]1. The molecule has 0 aliphatic carbocycles. The lowest BCUT2D eigenvalue weighted by molar-refractivity contribution is -0.140. The van der Waals surface area contributed by atoms with Crippen molar-refractivity contribution in [3.63, 3.8) is 0 Å². The molecule has 1 aromatic rings. The summed E-state index contributed by atoms with van der Waals surface area (Å²) < 4.78 is 0. The quantitative estimate of drug-likeness (QED) is 0.533. The predicted octanol–water partition coefficient (Wildman–Crippen LogP) is -0.0522. The van der Waals surface area contributed by atoms with Crippen LogP contribution in [0.1, 0.15) is 11.7 Å². The van der Waals surface area contributed by atoms with Crippen LogP contribution in [0, 0.1) is 0 Å². The molecule has 1 heterocycles. The van der Waals surface area contributed by atoms with Crippen LogP contribution in [0.3, 0.4) is 0 Å². The van der Waals surface area contributed by atoms with Crippen LogP contribution in [-0.4, -0.2) is 36.2 Å². The molecule has 0 aliphatic rings. The lowest BCUT2D eigenvalue weighted by atomic mass is 10.1. The summed E-state index contributed by atoms with van der Waals surface area (Å²) >= 11 is 0. The molecule has 0 saturated carbocycles. The number of hydrogen-bond donors (Lipinski definition) is 4. The van der Waals surface area contributed by atoms with E-state index in [2.05, 4.69) is 15.6 Å². The maximum Gasteiger partial charge on any atom is 0.322 e. The number of aromatic nitrogens is 1. The van der Waals surface area contributed by atoms with Gasteiger partial charge in [-0.3, -0.25) is 4.79 Å². The summed E-state index contributed by atoms with van der Waals surface area (Å²) in [5.74, 6) is -0.874. The molecule has 0 fully saturated rings. The predicted molar refractivity (Wildman–Crippen MR) is 53.1 cm³/mol. The lowest BCUT2D eigenvalue weighted by Crippen LogP contribution is -2.44. The number of H-pyrrole nitrogens is 1. The van der Waals surface area contributed by atoms with E-state index in [-0.39, 0.29) is 6.04 Å². The maximum atomic E-state index is 10.9. The van der Waals surface area contributed by atoms with Crippen molar-refractivity contribution in [1.29, 1.82) is 0 Å². The van der Waals surface area contributed by atoms with Crippen LogP contribution in [0.5, 0.6) is 0 Å². The minimum Gasteiger partial charge on any atom is -0.480 e. The highest BCUT2D eigenvalue weighted by atomic mass is 16.4. The summed E-state index contributed by atoms with van der Waals surface area (Å²) in [5, 5.41) is 14.7. The van der Waals surface area contributed by atoms with Gasteiger partial charge in [0, 0.05) is 11.9 Å². The van der Waals surface area contributed by atoms with Crippen molar-refractivity contribution in [2.45, 2.75) is 12.1 Å². The molecule has 4 N–H and O–H groups in total. The summed E-state index contributed by atoms with van der Waals surface area (Å²) in [4.78, 5) is 13.9. The van der Waals surface area contributed by atoms with Crippen molar-refractivity contribution >= 4 is 5.97 Å². The highest BCUT2D eigenvalue weighted by Crippen LogP contribution is 2.14. The summed E-state index contributed by atoms with van der Waals surface area (Å²) in [7, 11) is 3.37. The zero-order valence-corrected chi connectivity index (χ0v) is 8.24. The standard InChI is InChI=1S/C9H15N3O2/c1-10-7(6-4-3-5-12-6)8(11-2)9(13)14/h3-5,7-8,10-12H,1-2H3,(H,13,14). The van der Waals surface area contributed by atoms with E-state index in [0.717, 1.165) is 5.69 Å². The van der Waals surface area contributed by atoms with Gasteiger partial charge in [-0.2, -0.15) is 0 Å². The van der Waals surface area contributed by atoms with Crippen molar-refractivity contribution in [2.75, 3.05) is 14.1 Å². The van der Waals surface area contributed by atoms with Gasteiger partial charge in [0.15, 0.2) is 0 Å². The molecule has 1 aromatic heterocycles. The van der Waals surface area contributed by atoms with Crippen molar-refractivity contribution < 1.29 is 9.90 Å². The number of carboxylic acid groups (broad SMARTS) is 1. The van der Waals surface area contributed by atoms with Crippen LogP contribution in [0.4, 0.5) is 0 Å². The van der Waals surface area contributed by atoms with Crippen molar-refractivity contribution in [1.82, 2.24) is 15.6 Å². The first kappa shape index (κ1) is 10.7. The second kappa shape index (κ2) is 4.78. The molecule has 78 valence electrons. The number of nitrogens with one attached hydrogen (secondary N) is 3. The molecule has 2 atom stereocenters. The van der Waals surface area contributed by atoms with Gasteiger partial charge in [-0.05, 0) is 26.2 Å². The highest BCUT2D eigenvalue weighted by Gasteiger charge is 2.26. The number of carbonyl (C=O) groups is 1. The average Bonchev–Trinajstić information content (AvgIpc) is 2.65. The Balaban J connectivity index is 2.85. The first-order valence-corrected chi connectivity index (χ1v) is 4.41. The molecule has 0 spiro atoms. The summed E-state index contributed by atoms with van der Waals surface area (Å²) in [6.07, 6.45) is 1.77. The first-order chi connectivity index (χ1) is 6.70. The monoisotopic (exact) mass is 197 g/mol. The van der Waals surface area contributed by atoms with E-state index < -0.39 is 12.0 Å². The molecule has 5 heteroatoms. The van der Waals surface area contributed by atoms with Crippen LogP contribution in [0.25, 0.3) is 0 Å². The first-order valence-electron chi connectivity index (χ1n) is 4.41. The number of rotatable bonds is 5. The Morgan fingerprint density at radius 2 is 2.21 bits per heavy atom. The molecule has 2 unspecified atom stereocenters. The topological polar surface area (TPSA) is 77.2 Å². The van der Waals surface area contributed by atoms with Gasteiger partial charge < -0.3 is 20.7 Å². The number of carboxylic acids is 1. The van der Waals surface area contributed by atoms with Gasteiger partial charge in [0.25, 0.3) is 0 Å². The second-order valence-electron chi connectivity index (χ2n) is 3.00. The molecule has 0 aliphatic heterocycles. The average molecular weight is 197 g/mol. The third-order valence-electron chi connectivity index (χ3n) is 2.18. The third kappa shape index (κ3) is 2.12. The number of aromatic amines is 1. The fraction of sp³-hybridized carbons (Fsp3) is 0.444. The molecular weight excluding hydrogens is 182 g/mol. The third-order valence-corrected chi connectivity index (χ3v) is 2.18. The van der Waals surface area contributed by atoms with Crippen molar-refractivity contribution in [2.24, 2.45) is 0 Å². The molecule has 1 rings (SSSR count). The Hall–Kier alpha value is -1.33. The van der Waals surface area contributed by atoms with Crippen molar-refractivity contribution in [3.8, 4) is 0 Å². The zero-order chi connectivity index (χ0) is 10.6. The molecule has 0 amide bonds. The second-order valence-corrected chi connectivity index (χ2v) is 3.00. The van der Waals surface area contributed by atoms with E-state index in [4.69, 9.17) is 5.11 Å². The normalized spacial score (nSPS) is 15.0. The van der Waals surface area contributed by atoms with Gasteiger partial charge in [-0.25, -0.2) is 0 Å². The van der Waals surface area contributed by atoms with E-state index in [1.54, 1.807) is 20.3 Å². The summed E-state index contributed by atoms with van der Waals surface area (Å²) in [6.45, 7) is 0. The molecule has 0 radical (unpaired) electrons. The molecule has 0 saturated heterocycles. The zero-order valence-electron chi connectivity index (χ0n) is 8.24. The Morgan fingerprint density at radius 3 is 2.57 bits per heavy atom. The Morgan fingerprint density at radius 1 is 1.50 bits per heavy atom. The number of aliphatic carboxylic acids is 1. The molecule has 14 heavy (non-hydrogen) atoms. The van der Waals surface area contributed by atoms with Crippen LogP contribution in [0.2, 0.25) is 0 Å². The van der Waals surface area contributed by atoms with Gasteiger partial charge in [-0.1, -0.05) is 0 Å². The van der Waals surface area contributed by atoms with E-state index in [1.807, 2.05) is 12.1 Å². The van der Waals surface area contributed by atoms with Gasteiger partial charge in [-0.15, -0.1) is 0 Å². The van der Waals surface area contributed by atoms with Gasteiger partial charge >= 0.3 is 5.97 Å². The van der Waals surface area contributed by atoms with Gasteiger partial charge in [0.1, 0.15) is 6.04 Å². The fourth-order valence-corrected chi connectivity index (χ4v) is 1.47. The summed E-state index contributed by atoms with van der Waals surface area (Å²) in [5.41, 5.74) is 0.856. The number of hydrogen-bond acceptors (Lipinski definition) is 3. The Bertz CT molecular complexity index is 284. The highest BCUT2D eigenvalue weighted by molar-refractivity contribution is 5.74. The molecular formula is C9H15N3O2. The van der Waals surface area contributed by atoms with E-state index >= 15 is 0 Å². The van der Waals surface area contributed by atoms with Crippen LogP contribution in [0.15, 0.2) is 18.3 Å². The Labute approximate surface area is 82.5 Å². The van der Waals surface area contributed by atoms with Crippen LogP contribution < -0.4 is 10.6 Å². The van der Waals surface area contributed by atoms with Crippen LogP contribution >= 0.6 is 0 Å². The van der Waals surface area contributed by atoms with E-state index in [0.29, 0.717) is 0 Å².